The third-order valence-electron chi connectivity index (χ3n) is 5.06. The average molecular weight is 378 g/mol. The number of fused-ring (bicyclic) bond motifs is 1. The minimum Gasteiger partial charge on any atom is -0.494 e. The molecule has 0 fully saturated rings. The van der Waals surface area contributed by atoms with Gasteiger partial charge in [-0.15, -0.1) is 0 Å². The van der Waals surface area contributed by atoms with Crippen LogP contribution in [0.5, 0.6) is 5.88 Å². The van der Waals surface area contributed by atoms with E-state index in [2.05, 4.69) is 0 Å². The predicted octanol–water partition coefficient (Wildman–Crippen LogP) is 4.13. The number of carbonyl (C=O) groups excluding carboxylic acids is 1. The number of pyridine rings is 1. The van der Waals surface area contributed by atoms with E-state index in [0.717, 1.165) is 21.9 Å². The molecule has 0 saturated heterocycles. The number of hydrogen-bond donors (Lipinski definition) is 1. The van der Waals surface area contributed by atoms with Crippen LogP contribution in [0.3, 0.4) is 0 Å². The molecule has 0 spiro atoms. The van der Waals surface area contributed by atoms with Crippen LogP contribution in [0.2, 0.25) is 0 Å². The van der Waals surface area contributed by atoms with Gasteiger partial charge in [-0.3, -0.25) is 14.2 Å². The largest absolute Gasteiger partial charge is 0.494 e. The van der Waals surface area contributed by atoms with E-state index in [9.17, 15) is 20.0 Å². The lowest BCUT2D eigenvalue weighted by atomic mass is 9.98. The van der Waals surface area contributed by atoms with E-state index >= 15 is 0 Å². The van der Waals surface area contributed by atoms with Crippen LogP contribution < -0.4 is 5.56 Å². The molecule has 0 aliphatic heterocycles. The Morgan fingerprint density at radius 2 is 1.96 bits per heavy atom. The Morgan fingerprint density at radius 3 is 2.61 bits per heavy atom. The van der Waals surface area contributed by atoms with E-state index in [1.54, 1.807) is 13.0 Å². The number of unbranched alkanes of at least 4 members (excludes halogenated alkanes) is 1. The molecule has 6 heteroatoms. The van der Waals surface area contributed by atoms with Crippen molar-refractivity contribution in [1.29, 1.82) is 5.26 Å². The normalized spacial score (nSPS) is 11.0. The Kier molecular flexibility index (Phi) is 5.10. The van der Waals surface area contributed by atoms with Gasteiger partial charge in [-0.2, -0.15) is 5.26 Å². The van der Waals surface area contributed by atoms with E-state index in [1.807, 2.05) is 32.0 Å². The fourth-order valence-corrected chi connectivity index (χ4v) is 3.41. The summed E-state index contributed by atoms with van der Waals surface area (Å²) in [5.74, 6) is -0.859. The second kappa shape index (κ2) is 7.35. The van der Waals surface area contributed by atoms with Crippen LogP contribution in [-0.2, 0) is 6.54 Å². The van der Waals surface area contributed by atoms with E-state index in [1.165, 1.54) is 6.92 Å². The summed E-state index contributed by atoms with van der Waals surface area (Å²) in [4.78, 5) is 25.8. The van der Waals surface area contributed by atoms with Gasteiger partial charge in [0.1, 0.15) is 17.2 Å². The first-order valence-corrected chi connectivity index (χ1v) is 9.22. The van der Waals surface area contributed by atoms with Gasteiger partial charge in [-0.1, -0.05) is 25.0 Å². The predicted molar refractivity (Wildman–Crippen MR) is 106 cm³/mol. The molecular formula is C22H22N2O4. The van der Waals surface area contributed by atoms with E-state index < -0.39 is 17.2 Å². The molecule has 0 bridgehead atoms. The molecule has 0 radical (unpaired) electrons. The zero-order valence-corrected chi connectivity index (χ0v) is 16.4. The molecule has 0 unspecified atom stereocenters. The van der Waals surface area contributed by atoms with Crippen molar-refractivity contribution >= 4 is 16.8 Å². The van der Waals surface area contributed by atoms with Gasteiger partial charge in [0.15, 0.2) is 5.76 Å². The molecule has 1 N–H and O–H groups in total. The first-order chi connectivity index (χ1) is 13.3. The number of aromatic hydroxyl groups is 1. The molecule has 0 aliphatic rings. The molecule has 144 valence electrons. The van der Waals surface area contributed by atoms with Crippen LogP contribution in [0.1, 0.15) is 58.1 Å². The zero-order valence-electron chi connectivity index (χ0n) is 16.4. The van der Waals surface area contributed by atoms with Gasteiger partial charge in [0.05, 0.1) is 5.56 Å². The van der Waals surface area contributed by atoms with Crippen molar-refractivity contribution in [1.82, 2.24) is 4.57 Å². The molecule has 28 heavy (non-hydrogen) atoms. The second-order valence-electron chi connectivity index (χ2n) is 7.01. The van der Waals surface area contributed by atoms with Gasteiger partial charge in [-0.25, -0.2) is 0 Å². The van der Waals surface area contributed by atoms with Crippen LogP contribution >= 0.6 is 0 Å². The standard InChI is InChI=1S/C22H22N2O4/c1-5-6-9-24-21(26)16(11-23)13(3)18(22(24)27)19(25)20-14(4)15-10-12(2)7-8-17(15)28-20/h7-8,10,27H,5-6,9H2,1-4H3. The third kappa shape index (κ3) is 2.99. The van der Waals surface area contributed by atoms with E-state index in [4.69, 9.17) is 4.42 Å². The lowest BCUT2D eigenvalue weighted by Gasteiger charge is -2.14. The van der Waals surface area contributed by atoms with Gasteiger partial charge < -0.3 is 9.52 Å². The number of aryl methyl sites for hydroxylation is 2. The summed E-state index contributed by atoms with van der Waals surface area (Å²) < 4.78 is 6.88. The number of aromatic nitrogens is 1. The van der Waals surface area contributed by atoms with E-state index in [0.29, 0.717) is 17.6 Å². The van der Waals surface area contributed by atoms with Crippen LogP contribution in [-0.4, -0.2) is 15.5 Å². The third-order valence-corrected chi connectivity index (χ3v) is 5.06. The first kappa shape index (κ1) is 19.4. The van der Waals surface area contributed by atoms with Crippen molar-refractivity contribution in [3.8, 4) is 11.9 Å². The van der Waals surface area contributed by atoms with Gasteiger partial charge in [0, 0.05) is 17.5 Å². The number of nitrogens with zero attached hydrogens (tertiary/aromatic N) is 2. The highest BCUT2D eigenvalue weighted by Crippen LogP contribution is 2.31. The Labute approximate surface area is 162 Å². The minimum absolute atomic E-state index is 0.0638. The van der Waals surface area contributed by atoms with Gasteiger partial charge in [0.2, 0.25) is 11.7 Å². The van der Waals surface area contributed by atoms with Crippen molar-refractivity contribution in [3.05, 3.63) is 62.1 Å². The van der Waals surface area contributed by atoms with Crippen molar-refractivity contribution in [2.45, 2.75) is 47.1 Å². The lowest BCUT2D eigenvalue weighted by molar-refractivity contribution is 0.100. The molecule has 0 aliphatic carbocycles. The molecule has 1 aromatic carbocycles. The van der Waals surface area contributed by atoms with Crippen molar-refractivity contribution < 1.29 is 14.3 Å². The number of hydrogen-bond acceptors (Lipinski definition) is 5. The van der Waals surface area contributed by atoms with Crippen molar-refractivity contribution in [2.24, 2.45) is 0 Å². The Morgan fingerprint density at radius 1 is 1.25 bits per heavy atom. The number of ketones is 1. The highest BCUT2D eigenvalue weighted by Gasteiger charge is 2.28. The summed E-state index contributed by atoms with van der Waals surface area (Å²) in [6.45, 7) is 7.41. The summed E-state index contributed by atoms with van der Waals surface area (Å²) >= 11 is 0. The number of rotatable bonds is 5. The fraction of sp³-hybridized carbons (Fsp3) is 0.318. The molecule has 3 rings (SSSR count). The zero-order chi connectivity index (χ0) is 20.6. The molecule has 0 amide bonds. The number of furan rings is 1. The molecule has 3 aromatic rings. The maximum atomic E-state index is 13.3. The van der Waals surface area contributed by atoms with Crippen molar-refractivity contribution in [2.75, 3.05) is 0 Å². The molecule has 0 atom stereocenters. The van der Waals surface area contributed by atoms with E-state index in [-0.39, 0.29) is 29.0 Å². The summed E-state index contributed by atoms with van der Waals surface area (Å²) in [5, 5.41) is 21.0. The van der Waals surface area contributed by atoms with Gasteiger partial charge in [0.25, 0.3) is 5.56 Å². The summed E-state index contributed by atoms with van der Waals surface area (Å²) in [7, 11) is 0. The van der Waals surface area contributed by atoms with Crippen LogP contribution in [0.15, 0.2) is 27.4 Å². The maximum Gasteiger partial charge on any atom is 0.271 e. The monoisotopic (exact) mass is 378 g/mol. The SMILES string of the molecule is CCCCn1c(O)c(C(=O)c2oc3ccc(C)cc3c2C)c(C)c(C#N)c1=O. The Bertz CT molecular complexity index is 1190. The maximum absolute atomic E-state index is 13.3. The molecule has 2 heterocycles. The number of benzene rings is 1. The van der Waals surface area contributed by atoms with Crippen LogP contribution in [0, 0.1) is 32.1 Å². The Hall–Kier alpha value is -3.33. The summed E-state index contributed by atoms with van der Waals surface area (Å²) in [6, 6.07) is 7.49. The first-order valence-electron chi connectivity index (χ1n) is 9.22. The number of nitriles is 1. The minimum atomic E-state index is -0.584. The van der Waals surface area contributed by atoms with Crippen LogP contribution in [0.25, 0.3) is 11.0 Å². The highest BCUT2D eigenvalue weighted by atomic mass is 16.3. The highest BCUT2D eigenvalue weighted by molar-refractivity contribution is 6.12. The number of carbonyl (C=O) groups is 1. The second-order valence-corrected chi connectivity index (χ2v) is 7.01. The lowest BCUT2D eigenvalue weighted by Crippen LogP contribution is -2.27. The van der Waals surface area contributed by atoms with Crippen LogP contribution in [0.4, 0.5) is 0 Å². The molecular weight excluding hydrogens is 356 g/mol. The van der Waals surface area contributed by atoms with Crippen molar-refractivity contribution in [3.63, 3.8) is 0 Å². The summed E-state index contributed by atoms with van der Waals surface area (Å²) in [5.41, 5.74) is 1.65. The molecule has 2 aromatic heterocycles. The quantitative estimate of drug-likeness (QED) is 0.674. The average Bonchev–Trinajstić information content (AvgIpc) is 2.98. The topological polar surface area (TPSA) is 96.2 Å². The summed E-state index contributed by atoms with van der Waals surface area (Å²) in [6.07, 6.45) is 1.44. The Balaban J connectivity index is 2.26. The van der Waals surface area contributed by atoms with Gasteiger partial charge in [-0.05, 0) is 44.9 Å². The molecule has 6 nitrogen and oxygen atoms in total. The van der Waals surface area contributed by atoms with Gasteiger partial charge >= 0.3 is 0 Å². The fourth-order valence-electron chi connectivity index (χ4n) is 3.41. The smallest absolute Gasteiger partial charge is 0.271 e. The molecule has 0 saturated carbocycles.